The zero-order valence-electron chi connectivity index (χ0n) is 21.1. The van der Waals surface area contributed by atoms with Crippen molar-refractivity contribution in [2.75, 3.05) is 32.1 Å². The highest BCUT2D eigenvalue weighted by Crippen LogP contribution is 2.33. The molecule has 0 unspecified atom stereocenters. The number of aliphatic hydroxyl groups excluding tert-OH is 1. The molecule has 9 nitrogen and oxygen atoms in total. The fourth-order valence-electron chi connectivity index (χ4n) is 4.25. The van der Waals surface area contributed by atoms with Crippen LogP contribution in [0.3, 0.4) is 0 Å². The number of carbonyl (C=O) groups is 2. The van der Waals surface area contributed by atoms with Gasteiger partial charge < -0.3 is 20.1 Å². The zero-order chi connectivity index (χ0) is 26.9. The standard InChI is InChI=1S/C26H32ClN3O6S/c1-16-13-30(17(2)15-31)26(33)22-12-20(28-25(32)18-4-5-18)8-11-23(22)36-24(16)14-29(3)37(34,35)21-9-6-19(27)7-10-21/h6-12,16-18,24,31H,4-5,13-15H2,1-3H3,(H,28,32)/t16-,17+,24+/m0/s1. The number of hydrogen-bond donors (Lipinski definition) is 2. The number of rotatable bonds is 8. The van der Waals surface area contributed by atoms with E-state index in [9.17, 15) is 23.1 Å². The highest BCUT2D eigenvalue weighted by molar-refractivity contribution is 7.89. The number of likely N-dealkylation sites (N-methyl/N-ethyl adjacent to an activating group) is 1. The molecule has 37 heavy (non-hydrogen) atoms. The molecular formula is C26H32ClN3O6S. The van der Waals surface area contributed by atoms with Gasteiger partial charge in [-0.15, -0.1) is 0 Å². The summed E-state index contributed by atoms with van der Waals surface area (Å²) in [6, 6.07) is 10.3. The number of anilines is 1. The lowest BCUT2D eigenvalue weighted by atomic mass is 9.99. The quantitative estimate of drug-likeness (QED) is 0.522. The summed E-state index contributed by atoms with van der Waals surface area (Å²) in [6.45, 7) is 3.67. The van der Waals surface area contributed by atoms with E-state index in [1.165, 1.54) is 35.6 Å². The summed E-state index contributed by atoms with van der Waals surface area (Å²) in [5.74, 6) is -0.378. The van der Waals surface area contributed by atoms with Crippen LogP contribution in [0.1, 0.15) is 37.0 Å². The molecule has 0 radical (unpaired) electrons. The van der Waals surface area contributed by atoms with E-state index in [0.29, 0.717) is 16.5 Å². The van der Waals surface area contributed by atoms with Gasteiger partial charge in [0.15, 0.2) is 0 Å². The molecule has 1 heterocycles. The lowest BCUT2D eigenvalue weighted by Crippen LogP contribution is -2.50. The largest absolute Gasteiger partial charge is 0.488 e. The van der Waals surface area contributed by atoms with Crippen molar-refractivity contribution in [1.82, 2.24) is 9.21 Å². The average molecular weight is 550 g/mol. The summed E-state index contributed by atoms with van der Waals surface area (Å²) < 4.78 is 33.9. The second-order valence-corrected chi connectivity index (χ2v) is 12.3. The first-order chi connectivity index (χ1) is 17.5. The van der Waals surface area contributed by atoms with Crippen LogP contribution in [0.2, 0.25) is 5.02 Å². The smallest absolute Gasteiger partial charge is 0.258 e. The molecule has 0 bridgehead atoms. The van der Waals surface area contributed by atoms with Crippen LogP contribution < -0.4 is 10.1 Å². The van der Waals surface area contributed by atoms with E-state index in [2.05, 4.69) is 5.32 Å². The van der Waals surface area contributed by atoms with Crippen LogP contribution in [0, 0.1) is 11.8 Å². The van der Waals surface area contributed by atoms with Crippen molar-refractivity contribution in [2.24, 2.45) is 11.8 Å². The molecule has 3 atom stereocenters. The van der Waals surface area contributed by atoms with Crippen LogP contribution in [0.4, 0.5) is 5.69 Å². The van der Waals surface area contributed by atoms with Gasteiger partial charge in [-0.1, -0.05) is 18.5 Å². The molecule has 1 aliphatic carbocycles. The van der Waals surface area contributed by atoms with Crippen LogP contribution in [0.25, 0.3) is 0 Å². The first kappa shape index (κ1) is 27.4. The van der Waals surface area contributed by atoms with E-state index in [0.717, 1.165) is 12.8 Å². The second-order valence-electron chi connectivity index (χ2n) is 9.84. The Bertz CT molecular complexity index is 1270. The SMILES string of the molecule is C[C@H](CO)N1C[C@H](C)[C@@H](CN(C)S(=O)(=O)c2ccc(Cl)cc2)Oc2ccc(NC(=O)C3CC3)cc2C1=O. The van der Waals surface area contributed by atoms with Gasteiger partial charge in [0.1, 0.15) is 11.9 Å². The monoisotopic (exact) mass is 549 g/mol. The van der Waals surface area contributed by atoms with Crippen LogP contribution in [-0.4, -0.2) is 73.4 Å². The molecule has 2 aliphatic rings. The molecule has 2 aromatic carbocycles. The molecular weight excluding hydrogens is 518 g/mol. The van der Waals surface area contributed by atoms with E-state index in [4.69, 9.17) is 16.3 Å². The Labute approximate surface area is 222 Å². The zero-order valence-corrected chi connectivity index (χ0v) is 22.6. The lowest BCUT2D eigenvalue weighted by Gasteiger charge is -2.38. The fourth-order valence-corrected chi connectivity index (χ4v) is 5.56. The Morgan fingerprint density at radius 2 is 1.92 bits per heavy atom. The Balaban J connectivity index is 1.64. The molecule has 1 saturated carbocycles. The Morgan fingerprint density at radius 1 is 1.24 bits per heavy atom. The third-order valence-electron chi connectivity index (χ3n) is 6.84. The van der Waals surface area contributed by atoms with E-state index in [1.807, 2.05) is 6.92 Å². The Morgan fingerprint density at radius 3 is 2.54 bits per heavy atom. The van der Waals surface area contributed by atoms with Crippen molar-refractivity contribution < 1.29 is 27.9 Å². The maximum Gasteiger partial charge on any atom is 0.258 e. The normalized spacial score (nSPS) is 21.0. The van der Waals surface area contributed by atoms with Gasteiger partial charge in [-0.25, -0.2) is 8.42 Å². The maximum atomic E-state index is 13.5. The molecule has 1 aliphatic heterocycles. The Kier molecular flexibility index (Phi) is 8.13. The molecule has 4 rings (SSSR count). The third-order valence-corrected chi connectivity index (χ3v) is 8.93. The average Bonchev–Trinajstić information content (AvgIpc) is 3.72. The molecule has 0 saturated heterocycles. The topological polar surface area (TPSA) is 116 Å². The highest BCUT2D eigenvalue weighted by Gasteiger charge is 2.36. The first-order valence-corrected chi connectivity index (χ1v) is 14.1. The van der Waals surface area contributed by atoms with Gasteiger partial charge in [0.25, 0.3) is 5.91 Å². The van der Waals surface area contributed by atoms with Crippen LogP contribution >= 0.6 is 11.6 Å². The van der Waals surface area contributed by atoms with Crippen LogP contribution in [0.5, 0.6) is 5.75 Å². The number of ether oxygens (including phenoxy) is 1. The summed E-state index contributed by atoms with van der Waals surface area (Å²) >= 11 is 5.92. The fraction of sp³-hybridized carbons (Fsp3) is 0.462. The van der Waals surface area contributed by atoms with Gasteiger partial charge in [-0.3, -0.25) is 9.59 Å². The summed E-state index contributed by atoms with van der Waals surface area (Å²) in [6.07, 6.45) is 1.11. The summed E-state index contributed by atoms with van der Waals surface area (Å²) in [5.41, 5.74) is 0.728. The number of halogens is 1. The molecule has 2 amide bonds. The lowest BCUT2D eigenvalue weighted by molar-refractivity contribution is -0.117. The molecule has 11 heteroatoms. The number of amides is 2. The van der Waals surface area contributed by atoms with Gasteiger partial charge in [0.05, 0.1) is 29.7 Å². The van der Waals surface area contributed by atoms with E-state index in [-0.39, 0.29) is 53.8 Å². The van der Waals surface area contributed by atoms with Gasteiger partial charge in [0, 0.05) is 36.1 Å². The number of nitrogens with zero attached hydrogens (tertiary/aromatic N) is 2. The number of hydrogen-bond acceptors (Lipinski definition) is 6. The van der Waals surface area contributed by atoms with Crippen molar-refractivity contribution in [3.05, 3.63) is 53.1 Å². The molecule has 0 aromatic heterocycles. The number of carbonyl (C=O) groups excluding carboxylic acids is 2. The summed E-state index contributed by atoms with van der Waals surface area (Å²) in [7, 11) is -2.34. The molecule has 2 N–H and O–H groups in total. The molecule has 0 spiro atoms. The minimum Gasteiger partial charge on any atom is -0.488 e. The highest BCUT2D eigenvalue weighted by atomic mass is 35.5. The minimum atomic E-state index is -3.82. The van der Waals surface area contributed by atoms with Crippen molar-refractivity contribution in [3.8, 4) is 5.75 Å². The summed E-state index contributed by atoms with van der Waals surface area (Å²) in [5, 5.41) is 13.1. The predicted octanol–water partition coefficient (Wildman–Crippen LogP) is 3.23. The van der Waals surface area contributed by atoms with Gasteiger partial charge in [0.2, 0.25) is 15.9 Å². The van der Waals surface area contributed by atoms with Gasteiger partial charge >= 0.3 is 0 Å². The number of nitrogens with one attached hydrogen (secondary N) is 1. The minimum absolute atomic E-state index is 0.00299. The van der Waals surface area contributed by atoms with Crippen LogP contribution in [0.15, 0.2) is 47.4 Å². The maximum absolute atomic E-state index is 13.5. The molecule has 200 valence electrons. The third kappa shape index (κ3) is 6.09. The van der Waals surface area contributed by atoms with Crippen molar-refractivity contribution in [2.45, 2.75) is 43.7 Å². The second kappa shape index (κ2) is 11.0. The van der Waals surface area contributed by atoms with E-state index >= 15 is 0 Å². The van der Waals surface area contributed by atoms with Crippen molar-refractivity contribution in [3.63, 3.8) is 0 Å². The molecule has 2 aromatic rings. The number of fused-ring (bicyclic) bond motifs is 1. The predicted molar refractivity (Wildman–Crippen MR) is 140 cm³/mol. The summed E-state index contributed by atoms with van der Waals surface area (Å²) in [4.78, 5) is 27.5. The van der Waals surface area contributed by atoms with Gasteiger partial charge in [-0.05, 0) is 62.2 Å². The van der Waals surface area contributed by atoms with E-state index < -0.39 is 22.2 Å². The Hall–Kier alpha value is -2.66. The van der Waals surface area contributed by atoms with Crippen molar-refractivity contribution in [1.29, 1.82) is 0 Å². The van der Waals surface area contributed by atoms with Crippen molar-refractivity contribution >= 4 is 39.1 Å². The number of sulfonamides is 1. The number of benzene rings is 2. The molecule has 1 fully saturated rings. The van der Waals surface area contributed by atoms with Gasteiger partial charge in [-0.2, -0.15) is 4.31 Å². The van der Waals surface area contributed by atoms with Crippen LogP contribution in [-0.2, 0) is 14.8 Å². The number of aliphatic hydroxyl groups is 1. The first-order valence-electron chi connectivity index (χ1n) is 12.3. The van der Waals surface area contributed by atoms with E-state index in [1.54, 1.807) is 30.0 Å².